The largest absolute Gasteiger partial charge is 0.338 e. The molecule has 0 amide bonds. The van der Waals surface area contributed by atoms with Crippen molar-refractivity contribution >= 4 is 11.8 Å². The summed E-state index contributed by atoms with van der Waals surface area (Å²) in [7, 11) is 2.06. The van der Waals surface area contributed by atoms with Crippen LogP contribution in [0.5, 0.6) is 0 Å². The summed E-state index contributed by atoms with van der Waals surface area (Å²) >= 11 is 2.01. The molecule has 0 saturated carbocycles. The Morgan fingerprint density at radius 1 is 1.47 bits per heavy atom. The Hall–Kier alpha value is -0.480. The second-order valence-electron chi connectivity index (χ2n) is 5.34. The van der Waals surface area contributed by atoms with Crippen LogP contribution in [0.1, 0.15) is 33.5 Å². The first kappa shape index (κ1) is 14.6. The normalized spacial score (nSPS) is 13.9. The first-order valence-corrected chi connectivity index (χ1v) is 7.24. The van der Waals surface area contributed by atoms with Crippen molar-refractivity contribution in [2.24, 2.45) is 7.05 Å². The van der Waals surface area contributed by atoms with Crippen LogP contribution in [0.3, 0.4) is 0 Å². The van der Waals surface area contributed by atoms with Crippen molar-refractivity contribution in [2.45, 2.75) is 44.9 Å². The zero-order chi connectivity index (χ0) is 12.9. The van der Waals surface area contributed by atoms with Crippen molar-refractivity contribution in [2.75, 3.05) is 12.3 Å². The highest BCUT2D eigenvalue weighted by Crippen LogP contribution is 2.24. The van der Waals surface area contributed by atoms with Crippen molar-refractivity contribution in [1.82, 2.24) is 14.9 Å². The van der Waals surface area contributed by atoms with Gasteiger partial charge in [-0.15, -0.1) is 0 Å². The van der Waals surface area contributed by atoms with Crippen LogP contribution in [0.4, 0.5) is 0 Å². The first-order chi connectivity index (χ1) is 7.92. The number of nitrogens with one attached hydrogen (secondary N) is 1. The second kappa shape index (κ2) is 6.45. The molecular formula is C13H25N3S. The van der Waals surface area contributed by atoms with Crippen LogP contribution >= 0.6 is 11.8 Å². The maximum Gasteiger partial charge on any atom is 0.109 e. The average Bonchev–Trinajstić information content (AvgIpc) is 2.60. The van der Waals surface area contributed by atoms with E-state index in [1.54, 1.807) is 0 Å². The Labute approximate surface area is 109 Å². The smallest absolute Gasteiger partial charge is 0.109 e. The molecule has 1 rings (SSSR count). The average molecular weight is 255 g/mol. The van der Waals surface area contributed by atoms with Gasteiger partial charge in [0.15, 0.2) is 0 Å². The SMILES string of the molecule is CCNC(CSC(C)(C)C)Cc1nccn1C. The molecule has 0 aliphatic rings. The van der Waals surface area contributed by atoms with Crippen LogP contribution in [0.15, 0.2) is 12.4 Å². The molecule has 1 heterocycles. The summed E-state index contributed by atoms with van der Waals surface area (Å²) in [5.74, 6) is 2.29. The minimum Gasteiger partial charge on any atom is -0.338 e. The Kier molecular flexibility index (Phi) is 5.53. The van der Waals surface area contributed by atoms with E-state index in [4.69, 9.17) is 0 Å². The molecule has 0 spiro atoms. The molecule has 1 aromatic rings. The highest BCUT2D eigenvalue weighted by atomic mass is 32.2. The standard InChI is InChI=1S/C13H25N3S/c1-6-14-11(10-17-13(2,3)4)9-12-15-7-8-16(12)5/h7-8,11,14H,6,9-10H2,1-5H3. The molecule has 98 valence electrons. The molecule has 1 N–H and O–H groups in total. The molecule has 0 aliphatic carbocycles. The predicted octanol–water partition coefficient (Wildman–Crippen LogP) is 2.47. The molecule has 0 saturated heterocycles. The van der Waals surface area contributed by atoms with E-state index in [0.29, 0.717) is 10.8 Å². The van der Waals surface area contributed by atoms with E-state index in [1.165, 1.54) is 0 Å². The maximum absolute atomic E-state index is 4.40. The number of likely N-dealkylation sites (N-methyl/N-ethyl adjacent to an activating group) is 1. The number of rotatable bonds is 6. The van der Waals surface area contributed by atoms with E-state index in [0.717, 1.165) is 24.5 Å². The summed E-state index contributed by atoms with van der Waals surface area (Å²) in [6.45, 7) is 9.97. The summed E-state index contributed by atoms with van der Waals surface area (Å²) in [5, 5.41) is 3.55. The number of thioether (sulfide) groups is 1. The van der Waals surface area contributed by atoms with Crippen molar-refractivity contribution in [3.05, 3.63) is 18.2 Å². The lowest BCUT2D eigenvalue weighted by Gasteiger charge is -2.23. The lowest BCUT2D eigenvalue weighted by molar-refractivity contribution is 0.548. The molecule has 0 aromatic carbocycles. The minimum absolute atomic E-state index is 0.329. The van der Waals surface area contributed by atoms with Gasteiger partial charge in [-0.3, -0.25) is 0 Å². The minimum atomic E-state index is 0.329. The maximum atomic E-state index is 4.40. The molecule has 0 aliphatic heterocycles. The molecule has 0 fully saturated rings. The fourth-order valence-electron chi connectivity index (χ4n) is 1.64. The van der Waals surface area contributed by atoms with Gasteiger partial charge in [-0.2, -0.15) is 11.8 Å². The van der Waals surface area contributed by atoms with E-state index in [9.17, 15) is 0 Å². The summed E-state index contributed by atoms with van der Waals surface area (Å²) in [5.41, 5.74) is 0. The highest BCUT2D eigenvalue weighted by Gasteiger charge is 2.16. The number of imidazole rings is 1. The number of hydrogen-bond acceptors (Lipinski definition) is 3. The van der Waals surface area contributed by atoms with Gasteiger partial charge in [0, 0.05) is 42.4 Å². The number of nitrogens with zero attached hydrogens (tertiary/aromatic N) is 2. The summed E-state index contributed by atoms with van der Waals surface area (Å²) in [4.78, 5) is 4.40. The van der Waals surface area contributed by atoms with Crippen LogP contribution in [0.25, 0.3) is 0 Å². The van der Waals surface area contributed by atoms with Crippen LogP contribution in [0, 0.1) is 0 Å². The quantitative estimate of drug-likeness (QED) is 0.847. The molecule has 1 atom stereocenters. The van der Waals surface area contributed by atoms with E-state index < -0.39 is 0 Å². The van der Waals surface area contributed by atoms with Gasteiger partial charge in [-0.25, -0.2) is 4.98 Å². The Morgan fingerprint density at radius 3 is 2.65 bits per heavy atom. The van der Waals surface area contributed by atoms with Gasteiger partial charge in [0.05, 0.1) is 0 Å². The summed E-state index contributed by atoms with van der Waals surface area (Å²) < 4.78 is 2.43. The lowest BCUT2D eigenvalue weighted by atomic mass is 10.2. The zero-order valence-electron chi connectivity index (χ0n) is 11.7. The molecule has 0 radical (unpaired) electrons. The van der Waals surface area contributed by atoms with Gasteiger partial charge in [0.1, 0.15) is 5.82 Å². The first-order valence-electron chi connectivity index (χ1n) is 6.26. The molecule has 0 bridgehead atoms. The molecular weight excluding hydrogens is 230 g/mol. The zero-order valence-corrected chi connectivity index (χ0v) is 12.5. The van der Waals surface area contributed by atoms with Gasteiger partial charge >= 0.3 is 0 Å². The molecule has 3 nitrogen and oxygen atoms in total. The number of hydrogen-bond donors (Lipinski definition) is 1. The summed E-state index contributed by atoms with van der Waals surface area (Å²) in [6, 6.07) is 0.505. The number of aromatic nitrogens is 2. The van der Waals surface area contributed by atoms with E-state index in [-0.39, 0.29) is 0 Å². The van der Waals surface area contributed by atoms with E-state index >= 15 is 0 Å². The van der Waals surface area contributed by atoms with E-state index in [2.05, 4.69) is 49.6 Å². The molecule has 1 aromatic heterocycles. The van der Waals surface area contributed by atoms with Crippen LogP contribution in [-0.2, 0) is 13.5 Å². The third-order valence-corrected chi connectivity index (χ3v) is 4.00. The second-order valence-corrected chi connectivity index (χ2v) is 7.18. The number of aryl methyl sites for hydroxylation is 1. The highest BCUT2D eigenvalue weighted by molar-refractivity contribution is 8.00. The fraction of sp³-hybridized carbons (Fsp3) is 0.769. The summed E-state index contributed by atoms with van der Waals surface area (Å²) in [6.07, 6.45) is 4.88. The topological polar surface area (TPSA) is 29.9 Å². The third kappa shape index (κ3) is 5.59. The van der Waals surface area contributed by atoms with Crippen molar-refractivity contribution in [3.63, 3.8) is 0 Å². The molecule has 17 heavy (non-hydrogen) atoms. The van der Waals surface area contributed by atoms with Gasteiger partial charge in [0.25, 0.3) is 0 Å². The van der Waals surface area contributed by atoms with Crippen molar-refractivity contribution in [3.8, 4) is 0 Å². The fourth-order valence-corrected chi connectivity index (χ4v) is 2.58. The van der Waals surface area contributed by atoms with Gasteiger partial charge < -0.3 is 9.88 Å². The Morgan fingerprint density at radius 2 is 2.18 bits per heavy atom. The van der Waals surface area contributed by atoms with Crippen LogP contribution in [0.2, 0.25) is 0 Å². The molecule has 1 unspecified atom stereocenters. The van der Waals surface area contributed by atoms with E-state index in [1.807, 2.05) is 24.2 Å². The monoisotopic (exact) mass is 255 g/mol. The third-order valence-electron chi connectivity index (χ3n) is 2.56. The Balaban J connectivity index is 2.51. The van der Waals surface area contributed by atoms with Crippen LogP contribution < -0.4 is 5.32 Å². The predicted molar refractivity (Wildman–Crippen MR) is 76.6 cm³/mol. The van der Waals surface area contributed by atoms with Gasteiger partial charge in [-0.05, 0) is 6.54 Å². The van der Waals surface area contributed by atoms with Gasteiger partial charge in [-0.1, -0.05) is 27.7 Å². The molecule has 4 heteroatoms. The van der Waals surface area contributed by atoms with Crippen LogP contribution in [-0.4, -0.2) is 32.6 Å². The van der Waals surface area contributed by atoms with Crippen molar-refractivity contribution in [1.29, 1.82) is 0 Å². The lowest BCUT2D eigenvalue weighted by Crippen LogP contribution is -2.35. The van der Waals surface area contributed by atoms with Crippen molar-refractivity contribution < 1.29 is 0 Å². The Bertz CT molecular complexity index is 328. The van der Waals surface area contributed by atoms with Gasteiger partial charge in [0.2, 0.25) is 0 Å².